The molecule has 1 aliphatic heterocycles. The van der Waals surface area contributed by atoms with Crippen molar-refractivity contribution in [2.24, 2.45) is 0 Å². The Morgan fingerprint density at radius 1 is 1.00 bits per heavy atom. The van der Waals surface area contributed by atoms with Gasteiger partial charge in [0.05, 0.1) is 0 Å². The minimum absolute atomic E-state index is 0.0389. The van der Waals surface area contributed by atoms with Gasteiger partial charge in [-0.1, -0.05) is 30.3 Å². The summed E-state index contributed by atoms with van der Waals surface area (Å²) in [6, 6.07) is 12.8. The van der Waals surface area contributed by atoms with Crippen LogP contribution in [0.15, 0.2) is 54.7 Å². The summed E-state index contributed by atoms with van der Waals surface area (Å²) < 4.78 is 0. The van der Waals surface area contributed by atoms with Crippen molar-refractivity contribution >= 4 is 23.8 Å². The molecule has 128 valence electrons. The predicted octanol–water partition coefficient (Wildman–Crippen LogP) is 2.14. The van der Waals surface area contributed by atoms with Crippen LogP contribution in [0.25, 0.3) is 6.08 Å². The lowest BCUT2D eigenvalue weighted by Crippen LogP contribution is -2.49. The first-order valence-electron chi connectivity index (χ1n) is 8.10. The van der Waals surface area contributed by atoms with E-state index in [1.807, 2.05) is 35.2 Å². The number of aromatic nitrogens is 1. The van der Waals surface area contributed by atoms with Gasteiger partial charge in [0.2, 0.25) is 5.91 Å². The van der Waals surface area contributed by atoms with E-state index in [0.29, 0.717) is 32.0 Å². The smallest absolute Gasteiger partial charge is 0.339 e. The molecule has 1 N–H and O–H groups in total. The number of anilines is 1. The number of carboxylic acid groups (broad SMARTS) is 1. The molecule has 1 amide bonds. The number of hydrogen-bond donors (Lipinski definition) is 1. The van der Waals surface area contributed by atoms with Crippen LogP contribution in [0.5, 0.6) is 0 Å². The summed E-state index contributed by atoms with van der Waals surface area (Å²) in [7, 11) is 0. The van der Waals surface area contributed by atoms with Crippen LogP contribution in [-0.4, -0.2) is 53.0 Å². The fourth-order valence-corrected chi connectivity index (χ4v) is 2.79. The van der Waals surface area contributed by atoms with Crippen molar-refractivity contribution in [2.75, 3.05) is 31.1 Å². The average molecular weight is 337 g/mol. The van der Waals surface area contributed by atoms with Gasteiger partial charge in [0.1, 0.15) is 11.4 Å². The zero-order valence-electron chi connectivity index (χ0n) is 13.7. The Kier molecular flexibility index (Phi) is 5.09. The molecule has 0 saturated carbocycles. The Hall–Kier alpha value is -3.15. The third kappa shape index (κ3) is 4.03. The van der Waals surface area contributed by atoms with Gasteiger partial charge in [0.15, 0.2) is 0 Å². The topological polar surface area (TPSA) is 73.7 Å². The van der Waals surface area contributed by atoms with Gasteiger partial charge < -0.3 is 14.9 Å². The summed E-state index contributed by atoms with van der Waals surface area (Å²) in [5.74, 6) is -0.572. The minimum atomic E-state index is -0.993. The number of nitrogens with zero attached hydrogens (tertiary/aromatic N) is 3. The van der Waals surface area contributed by atoms with E-state index in [2.05, 4.69) is 4.98 Å². The van der Waals surface area contributed by atoms with Crippen LogP contribution in [0, 0.1) is 0 Å². The molecule has 0 spiro atoms. The number of amides is 1. The van der Waals surface area contributed by atoms with Gasteiger partial charge in [0, 0.05) is 38.5 Å². The molecule has 1 aliphatic rings. The molecule has 0 radical (unpaired) electrons. The Labute approximate surface area is 146 Å². The zero-order valence-corrected chi connectivity index (χ0v) is 13.7. The number of benzene rings is 1. The van der Waals surface area contributed by atoms with E-state index < -0.39 is 5.97 Å². The van der Waals surface area contributed by atoms with Crippen molar-refractivity contribution in [3.05, 3.63) is 65.9 Å². The van der Waals surface area contributed by atoms with Crippen molar-refractivity contribution in [2.45, 2.75) is 0 Å². The standard InChI is InChI=1S/C19H19N3O3/c23-17(9-8-15-5-2-1-3-6-15)21-11-13-22(14-12-21)18-16(19(24)25)7-4-10-20-18/h1-10H,11-14H2,(H,24,25)/b9-8+. The van der Waals surface area contributed by atoms with Gasteiger partial charge in [-0.3, -0.25) is 4.79 Å². The molecule has 2 aromatic rings. The normalized spacial score (nSPS) is 14.7. The second-order valence-electron chi connectivity index (χ2n) is 5.74. The first-order valence-corrected chi connectivity index (χ1v) is 8.10. The quantitative estimate of drug-likeness (QED) is 0.865. The molecule has 25 heavy (non-hydrogen) atoms. The molecule has 1 aromatic heterocycles. The maximum Gasteiger partial charge on any atom is 0.339 e. The molecule has 1 saturated heterocycles. The van der Waals surface area contributed by atoms with E-state index in [0.717, 1.165) is 5.56 Å². The van der Waals surface area contributed by atoms with E-state index in [1.165, 1.54) is 0 Å². The fourth-order valence-electron chi connectivity index (χ4n) is 2.79. The van der Waals surface area contributed by atoms with Crippen molar-refractivity contribution in [3.63, 3.8) is 0 Å². The molecule has 0 bridgehead atoms. The molecule has 2 heterocycles. The van der Waals surface area contributed by atoms with Gasteiger partial charge in [-0.2, -0.15) is 0 Å². The number of piperazine rings is 1. The number of pyridine rings is 1. The Bertz CT molecular complexity index is 782. The Morgan fingerprint density at radius 3 is 2.40 bits per heavy atom. The highest BCUT2D eigenvalue weighted by atomic mass is 16.4. The van der Waals surface area contributed by atoms with Gasteiger partial charge in [-0.25, -0.2) is 9.78 Å². The molecule has 1 fully saturated rings. The van der Waals surface area contributed by atoms with Crippen LogP contribution in [0.1, 0.15) is 15.9 Å². The van der Waals surface area contributed by atoms with Gasteiger partial charge in [0.25, 0.3) is 0 Å². The molecular weight excluding hydrogens is 318 g/mol. The number of carbonyl (C=O) groups is 2. The van der Waals surface area contributed by atoms with Crippen LogP contribution in [-0.2, 0) is 4.79 Å². The second-order valence-corrected chi connectivity index (χ2v) is 5.74. The number of hydrogen-bond acceptors (Lipinski definition) is 4. The molecule has 0 aliphatic carbocycles. The minimum Gasteiger partial charge on any atom is -0.478 e. The lowest BCUT2D eigenvalue weighted by molar-refractivity contribution is -0.126. The summed E-state index contributed by atoms with van der Waals surface area (Å²) in [5, 5.41) is 9.27. The first-order chi connectivity index (χ1) is 12.1. The summed E-state index contributed by atoms with van der Waals surface area (Å²) in [6.07, 6.45) is 4.96. The van der Waals surface area contributed by atoms with Crippen LogP contribution >= 0.6 is 0 Å². The summed E-state index contributed by atoms with van der Waals surface area (Å²) in [6.45, 7) is 2.19. The maximum absolute atomic E-state index is 12.3. The van der Waals surface area contributed by atoms with E-state index in [-0.39, 0.29) is 11.5 Å². The number of carboxylic acids is 1. The van der Waals surface area contributed by atoms with Crippen molar-refractivity contribution in [1.82, 2.24) is 9.88 Å². The number of carbonyl (C=O) groups excluding carboxylic acids is 1. The van der Waals surface area contributed by atoms with E-state index in [9.17, 15) is 14.7 Å². The monoisotopic (exact) mass is 337 g/mol. The molecule has 3 rings (SSSR count). The summed E-state index contributed by atoms with van der Waals surface area (Å²) >= 11 is 0. The second kappa shape index (κ2) is 7.61. The van der Waals surface area contributed by atoms with Crippen LogP contribution in [0.2, 0.25) is 0 Å². The predicted molar refractivity (Wildman–Crippen MR) is 95.5 cm³/mol. The Balaban J connectivity index is 1.61. The first kappa shape index (κ1) is 16.7. The Morgan fingerprint density at radius 2 is 1.72 bits per heavy atom. The fraction of sp³-hybridized carbons (Fsp3) is 0.211. The molecule has 1 aromatic carbocycles. The van der Waals surface area contributed by atoms with Crippen molar-refractivity contribution in [3.8, 4) is 0 Å². The molecule has 6 nitrogen and oxygen atoms in total. The van der Waals surface area contributed by atoms with E-state index in [1.54, 1.807) is 35.4 Å². The summed E-state index contributed by atoms with van der Waals surface area (Å²) in [4.78, 5) is 31.5. The molecule has 6 heteroatoms. The van der Waals surface area contributed by atoms with Crippen LogP contribution in [0.3, 0.4) is 0 Å². The third-order valence-corrected chi connectivity index (χ3v) is 4.13. The van der Waals surface area contributed by atoms with E-state index >= 15 is 0 Å². The third-order valence-electron chi connectivity index (χ3n) is 4.13. The largest absolute Gasteiger partial charge is 0.478 e. The maximum atomic E-state index is 12.3. The lowest BCUT2D eigenvalue weighted by Gasteiger charge is -2.35. The molecular formula is C19H19N3O3. The number of aromatic carboxylic acids is 1. The highest BCUT2D eigenvalue weighted by Gasteiger charge is 2.23. The van der Waals surface area contributed by atoms with Gasteiger partial charge in [-0.15, -0.1) is 0 Å². The van der Waals surface area contributed by atoms with Crippen LogP contribution < -0.4 is 4.90 Å². The molecule has 0 atom stereocenters. The van der Waals surface area contributed by atoms with Crippen molar-refractivity contribution in [1.29, 1.82) is 0 Å². The highest BCUT2D eigenvalue weighted by molar-refractivity contribution is 5.94. The van der Waals surface area contributed by atoms with Crippen molar-refractivity contribution < 1.29 is 14.7 Å². The molecule has 0 unspecified atom stereocenters. The highest BCUT2D eigenvalue weighted by Crippen LogP contribution is 2.19. The zero-order chi connectivity index (χ0) is 17.6. The summed E-state index contributed by atoms with van der Waals surface area (Å²) in [5.41, 5.74) is 1.17. The SMILES string of the molecule is O=C(O)c1cccnc1N1CCN(C(=O)/C=C/c2ccccc2)CC1. The number of rotatable bonds is 4. The average Bonchev–Trinajstić information content (AvgIpc) is 2.67. The van der Waals surface area contributed by atoms with Crippen LogP contribution in [0.4, 0.5) is 5.82 Å². The van der Waals surface area contributed by atoms with Gasteiger partial charge in [-0.05, 0) is 23.8 Å². The van der Waals surface area contributed by atoms with Gasteiger partial charge >= 0.3 is 5.97 Å². The lowest BCUT2D eigenvalue weighted by atomic mass is 10.2. The van der Waals surface area contributed by atoms with E-state index in [4.69, 9.17) is 0 Å².